The SMILES string of the molecule is Br.Clc1ccc(-c2csc(-c3ccncc3)n2)cc1Cl. The largest absolute Gasteiger partial charge is 0.265 e. The summed E-state index contributed by atoms with van der Waals surface area (Å²) in [6, 6.07) is 9.41. The van der Waals surface area contributed by atoms with E-state index in [1.807, 2.05) is 29.6 Å². The minimum Gasteiger partial charge on any atom is -0.265 e. The van der Waals surface area contributed by atoms with E-state index >= 15 is 0 Å². The highest BCUT2D eigenvalue weighted by molar-refractivity contribution is 8.93. The van der Waals surface area contributed by atoms with Crippen LogP contribution in [0.2, 0.25) is 10.0 Å². The molecule has 0 atom stereocenters. The summed E-state index contributed by atoms with van der Waals surface area (Å²) in [4.78, 5) is 8.61. The first-order chi connectivity index (χ1) is 9.24. The number of pyridine rings is 1. The topological polar surface area (TPSA) is 25.8 Å². The second kappa shape index (κ2) is 6.68. The smallest absolute Gasteiger partial charge is 0.124 e. The first kappa shape index (κ1) is 15.4. The number of rotatable bonds is 2. The van der Waals surface area contributed by atoms with Gasteiger partial charge in [-0.15, -0.1) is 28.3 Å². The van der Waals surface area contributed by atoms with Gasteiger partial charge in [0.2, 0.25) is 0 Å². The summed E-state index contributed by atoms with van der Waals surface area (Å²) in [7, 11) is 0. The Balaban J connectivity index is 0.00000147. The van der Waals surface area contributed by atoms with E-state index < -0.39 is 0 Å². The van der Waals surface area contributed by atoms with Crippen molar-refractivity contribution in [3.8, 4) is 21.8 Å². The molecule has 0 saturated heterocycles. The van der Waals surface area contributed by atoms with Crippen LogP contribution in [0.3, 0.4) is 0 Å². The van der Waals surface area contributed by atoms with Crippen molar-refractivity contribution in [1.29, 1.82) is 0 Å². The van der Waals surface area contributed by atoms with Crippen molar-refractivity contribution < 1.29 is 0 Å². The fourth-order valence-electron chi connectivity index (χ4n) is 1.69. The molecule has 0 bridgehead atoms. The Hall–Kier alpha value is -0.940. The van der Waals surface area contributed by atoms with Gasteiger partial charge in [0.1, 0.15) is 5.01 Å². The van der Waals surface area contributed by atoms with Crippen LogP contribution in [-0.2, 0) is 0 Å². The number of aromatic nitrogens is 2. The van der Waals surface area contributed by atoms with Gasteiger partial charge in [-0.05, 0) is 24.3 Å². The standard InChI is InChI=1S/C14H8Cl2N2S.BrH/c15-11-2-1-10(7-12(11)16)13-8-19-14(18-13)9-3-5-17-6-4-9;/h1-8H;1H. The first-order valence-electron chi connectivity index (χ1n) is 5.55. The Morgan fingerprint density at radius 3 is 2.35 bits per heavy atom. The van der Waals surface area contributed by atoms with E-state index in [1.54, 1.807) is 29.8 Å². The van der Waals surface area contributed by atoms with Crippen LogP contribution >= 0.6 is 51.5 Å². The molecule has 0 aliphatic rings. The lowest BCUT2D eigenvalue weighted by Crippen LogP contribution is -1.80. The summed E-state index contributed by atoms with van der Waals surface area (Å²) in [6.07, 6.45) is 3.52. The van der Waals surface area contributed by atoms with Crippen LogP contribution in [0.1, 0.15) is 0 Å². The minimum atomic E-state index is 0. The lowest BCUT2D eigenvalue weighted by atomic mass is 10.2. The average Bonchev–Trinajstić information content (AvgIpc) is 2.93. The zero-order chi connectivity index (χ0) is 13.2. The highest BCUT2D eigenvalue weighted by Gasteiger charge is 2.08. The zero-order valence-electron chi connectivity index (χ0n) is 10.1. The molecule has 0 N–H and O–H groups in total. The molecule has 0 aliphatic carbocycles. The molecule has 1 aromatic carbocycles. The highest BCUT2D eigenvalue weighted by Crippen LogP contribution is 2.31. The molecule has 0 saturated carbocycles. The van der Waals surface area contributed by atoms with Crippen molar-refractivity contribution in [2.75, 3.05) is 0 Å². The molecule has 3 aromatic rings. The number of benzene rings is 1. The number of thiazole rings is 1. The van der Waals surface area contributed by atoms with Gasteiger partial charge in [-0.3, -0.25) is 4.98 Å². The van der Waals surface area contributed by atoms with Gasteiger partial charge in [0.05, 0.1) is 15.7 Å². The van der Waals surface area contributed by atoms with E-state index in [1.165, 1.54) is 0 Å². The molecule has 20 heavy (non-hydrogen) atoms. The van der Waals surface area contributed by atoms with Crippen LogP contribution in [0.4, 0.5) is 0 Å². The maximum atomic E-state index is 6.02. The molecule has 0 unspecified atom stereocenters. The Labute approximate surface area is 141 Å². The van der Waals surface area contributed by atoms with E-state index in [9.17, 15) is 0 Å². The molecule has 0 amide bonds. The summed E-state index contributed by atoms with van der Waals surface area (Å²) in [6.45, 7) is 0. The summed E-state index contributed by atoms with van der Waals surface area (Å²) in [5.74, 6) is 0. The van der Waals surface area contributed by atoms with Crippen molar-refractivity contribution in [1.82, 2.24) is 9.97 Å². The third kappa shape index (κ3) is 3.20. The van der Waals surface area contributed by atoms with Crippen molar-refractivity contribution in [3.05, 3.63) is 58.2 Å². The van der Waals surface area contributed by atoms with Crippen LogP contribution in [0, 0.1) is 0 Å². The van der Waals surface area contributed by atoms with Crippen LogP contribution in [-0.4, -0.2) is 9.97 Å². The Morgan fingerprint density at radius 2 is 1.65 bits per heavy atom. The molecule has 0 radical (unpaired) electrons. The van der Waals surface area contributed by atoms with Crippen molar-refractivity contribution >= 4 is 51.5 Å². The van der Waals surface area contributed by atoms with E-state index in [4.69, 9.17) is 23.2 Å². The Morgan fingerprint density at radius 1 is 0.900 bits per heavy atom. The molecule has 3 rings (SSSR count). The van der Waals surface area contributed by atoms with Crippen LogP contribution in [0.15, 0.2) is 48.1 Å². The molecule has 2 aromatic heterocycles. The molecule has 0 spiro atoms. The van der Waals surface area contributed by atoms with Crippen molar-refractivity contribution in [3.63, 3.8) is 0 Å². The maximum Gasteiger partial charge on any atom is 0.124 e. The Kier molecular flexibility index (Phi) is 5.16. The van der Waals surface area contributed by atoms with E-state index in [2.05, 4.69) is 9.97 Å². The van der Waals surface area contributed by atoms with Gasteiger partial charge in [-0.25, -0.2) is 4.98 Å². The minimum absolute atomic E-state index is 0. The summed E-state index contributed by atoms with van der Waals surface area (Å²) < 4.78 is 0. The fraction of sp³-hybridized carbons (Fsp3) is 0. The second-order valence-electron chi connectivity index (χ2n) is 3.90. The van der Waals surface area contributed by atoms with Crippen molar-refractivity contribution in [2.45, 2.75) is 0 Å². The molecule has 0 fully saturated rings. The molecule has 6 heteroatoms. The molecule has 102 valence electrons. The van der Waals surface area contributed by atoms with E-state index in [0.717, 1.165) is 21.8 Å². The second-order valence-corrected chi connectivity index (χ2v) is 5.58. The molecule has 2 nitrogen and oxygen atoms in total. The van der Waals surface area contributed by atoms with E-state index in [0.29, 0.717) is 10.0 Å². The first-order valence-corrected chi connectivity index (χ1v) is 7.19. The third-order valence-electron chi connectivity index (χ3n) is 2.65. The third-order valence-corrected chi connectivity index (χ3v) is 4.28. The maximum absolute atomic E-state index is 6.02. The highest BCUT2D eigenvalue weighted by atomic mass is 79.9. The zero-order valence-corrected chi connectivity index (χ0v) is 14.1. The average molecular weight is 388 g/mol. The van der Waals surface area contributed by atoms with Crippen LogP contribution in [0.25, 0.3) is 21.8 Å². The quantitative estimate of drug-likeness (QED) is 0.558. The summed E-state index contributed by atoms with van der Waals surface area (Å²) in [5, 5.41) is 4.06. The van der Waals surface area contributed by atoms with Gasteiger partial charge < -0.3 is 0 Å². The van der Waals surface area contributed by atoms with Gasteiger partial charge in [0, 0.05) is 28.9 Å². The van der Waals surface area contributed by atoms with Crippen LogP contribution < -0.4 is 0 Å². The number of nitrogens with zero attached hydrogens (tertiary/aromatic N) is 2. The van der Waals surface area contributed by atoms with Crippen LogP contribution in [0.5, 0.6) is 0 Å². The van der Waals surface area contributed by atoms with Gasteiger partial charge in [0.25, 0.3) is 0 Å². The van der Waals surface area contributed by atoms with E-state index in [-0.39, 0.29) is 17.0 Å². The van der Waals surface area contributed by atoms with Gasteiger partial charge in [-0.2, -0.15) is 0 Å². The van der Waals surface area contributed by atoms with Gasteiger partial charge in [0.15, 0.2) is 0 Å². The fourth-order valence-corrected chi connectivity index (χ4v) is 2.82. The lowest BCUT2D eigenvalue weighted by Gasteiger charge is -1.99. The van der Waals surface area contributed by atoms with Gasteiger partial charge in [-0.1, -0.05) is 29.3 Å². The normalized spacial score (nSPS) is 10.1. The number of hydrogen-bond donors (Lipinski definition) is 0. The molecule has 0 aliphatic heterocycles. The van der Waals surface area contributed by atoms with Gasteiger partial charge >= 0.3 is 0 Å². The molecule has 2 heterocycles. The summed E-state index contributed by atoms with van der Waals surface area (Å²) >= 11 is 13.5. The predicted molar refractivity (Wildman–Crippen MR) is 91.1 cm³/mol. The number of halogens is 3. The number of hydrogen-bond acceptors (Lipinski definition) is 3. The lowest BCUT2D eigenvalue weighted by molar-refractivity contribution is 1.32. The summed E-state index contributed by atoms with van der Waals surface area (Å²) in [5.41, 5.74) is 2.92. The van der Waals surface area contributed by atoms with Crippen molar-refractivity contribution in [2.24, 2.45) is 0 Å². The molecular weight excluding hydrogens is 379 g/mol. The molecular formula is C14H9BrCl2N2S. The Bertz CT molecular complexity index is 716. The monoisotopic (exact) mass is 386 g/mol. The predicted octanol–water partition coefficient (Wildman–Crippen LogP) is 5.76.